The molecule has 1 amide bonds. The van der Waals surface area contributed by atoms with Crippen molar-refractivity contribution in [3.05, 3.63) is 23.2 Å². The summed E-state index contributed by atoms with van der Waals surface area (Å²) in [6.45, 7) is 5.14. The average Bonchev–Trinajstić information content (AvgIpc) is 2.23. The molecule has 0 aliphatic carbocycles. The normalized spacial score (nSPS) is 12.1. The molecule has 1 rings (SSSR count). The molecule has 0 saturated carbocycles. The second-order valence-electron chi connectivity index (χ2n) is 5.12. The van der Waals surface area contributed by atoms with Gasteiger partial charge in [0.15, 0.2) is 6.61 Å². The fourth-order valence-corrected chi connectivity index (χ4v) is 2.62. The zero-order valence-electron chi connectivity index (χ0n) is 11.2. The maximum Gasteiger partial charge on any atom is 0.265 e. The molecular formula is C12H15Cl2NO4S. The predicted molar refractivity (Wildman–Crippen MR) is 77.9 cm³/mol. The van der Waals surface area contributed by atoms with Crippen molar-refractivity contribution in [3.63, 3.8) is 0 Å². The Bertz CT molecular complexity index is 608. The van der Waals surface area contributed by atoms with Crippen molar-refractivity contribution >= 4 is 37.2 Å². The molecule has 1 N–H and O–H groups in total. The van der Waals surface area contributed by atoms with E-state index in [0.717, 1.165) is 0 Å². The summed E-state index contributed by atoms with van der Waals surface area (Å²) in [7, 11) is 1.28. The fraction of sp³-hybridized carbons (Fsp3) is 0.417. The standard InChI is InChI=1S/C12H15Cl2NO4S/c1-12(2,3)15-11(16)7-19-9-5-4-8(13)6-10(9)20(14,17)18/h4-6H,7H2,1-3H3,(H,15,16). The van der Waals surface area contributed by atoms with E-state index in [0.29, 0.717) is 0 Å². The van der Waals surface area contributed by atoms with Crippen LogP contribution in [-0.4, -0.2) is 26.5 Å². The number of hydrogen-bond acceptors (Lipinski definition) is 4. The summed E-state index contributed by atoms with van der Waals surface area (Å²) in [6, 6.07) is 3.97. The van der Waals surface area contributed by atoms with Crippen LogP contribution in [0.3, 0.4) is 0 Å². The maximum atomic E-state index is 11.6. The Morgan fingerprint density at radius 3 is 2.45 bits per heavy atom. The van der Waals surface area contributed by atoms with Crippen LogP contribution >= 0.6 is 22.3 Å². The lowest BCUT2D eigenvalue weighted by Gasteiger charge is -2.20. The number of carbonyl (C=O) groups is 1. The van der Waals surface area contributed by atoms with Crippen molar-refractivity contribution in [2.24, 2.45) is 0 Å². The van der Waals surface area contributed by atoms with E-state index in [1.807, 2.05) is 20.8 Å². The summed E-state index contributed by atoms with van der Waals surface area (Å²) >= 11 is 5.71. The lowest BCUT2D eigenvalue weighted by Crippen LogP contribution is -2.43. The first-order chi connectivity index (χ1) is 8.99. The SMILES string of the molecule is CC(C)(C)NC(=O)COc1ccc(Cl)cc1S(=O)(=O)Cl. The smallest absolute Gasteiger partial charge is 0.265 e. The molecule has 0 aliphatic rings. The second-order valence-corrected chi connectivity index (χ2v) is 8.09. The molecule has 0 saturated heterocycles. The van der Waals surface area contributed by atoms with Crippen LogP contribution in [0.2, 0.25) is 5.02 Å². The number of ether oxygens (including phenoxy) is 1. The third-order valence-electron chi connectivity index (χ3n) is 2.04. The minimum Gasteiger partial charge on any atom is -0.482 e. The molecule has 0 fully saturated rings. The van der Waals surface area contributed by atoms with Gasteiger partial charge in [-0.25, -0.2) is 8.42 Å². The number of nitrogens with one attached hydrogen (secondary N) is 1. The predicted octanol–water partition coefficient (Wildman–Crippen LogP) is 2.56. The van der Waals surface area contributed by atoms with E-state index in [-0.39, 0.29) is 28.2 Å². The van der Waals surface area contributed by atoms with E-state index >= 15 is 0 Å². The zero-order chi connectivity index (χ0) is 15.6. The van der Waals surface area contributed by atoms with Gasteiger partial charge in [0.25, 0.3) is 15.0 Å². The molecule has 0 atom stereocenters. The Kier molecular flexibility index (Phi) is 5.29. The zero-order valence-corrected chi connectivity index (χ0v) is 13.6. The summed E-state index contributed by atoms with van der Waals surface area (Å²) in [5, 5.41) is 2.89. The van der Waals surface area contributed by atoms with Gasteiger partial charge >= 0.3 is 0 Å². The van der Waals surface area contributed by atoms with Gasteiger partial charge in [-0.05, 0) is 39.0 Å². The highest BCUT2D eigenvalue weighted by Gasteiger charge is 2.19. The molecule has 5 nitrogen and oxygen atoms in total. The van der Waals surface area contributed by atoms with Crippen LogP contribution in [-0.2, 0) is 13.8 Å². The molecule has 0 unspecified atom stereocenters. The highest BCUT2D eigenvalue weighted by molar-refractivity contribution is 8.13. The van der Waals surface area contributed by atoms with Gasteiger partial charge in [0.2, 0.25) is 0 Å². The van der Waals surface area contributed by atoms with Crippen LogP contribution in [0.25, 0.3) is 0 Å². The van der Waals surface area contributed by atoms with E-state index in [1.165, 1.54) is 18.2 Å². The van der Waals surface area contributed by atoms with Crippen molar-refractivity contribution in [3.8, 4) is 5.75 Å². The molecule has 112 valence electrons. The molecule has 20 heavy (non-hydrogen) atoms. The van der Waals surface area contributed by atoms with Gasteiger partial charge in [0.1, 0.15) is 10.6 Å². The summed E-state index contributed by atoms with van der Waals surface area (Å²) in [5.41, 5.74) is -0.401. The minimum absolute atomic E-state index is 0.0199. The van der Waals surface area contributed by atoms with E-state index in [4.69, 9.17) is 27.0 Å². The van der Waals surface area contributed by atoms with Gasteiger partial charge in [-0.15, -0.1) is 0 Å². The first-order valence-corrected chi connectivity index (χ1v) is 8.36. The molecule has 8 heteroatoms. The summed E-state index contributed by atoms with van der Waals surface area (Å²) in [4.78, 5) is 11.3. The fourth-order valence-electron chi connectivity index (χ4n) is 1.39. The number of rotatable bonds is 4. The van der Waals surface area contributed by atoms with Crippen molar-refractivity contribution in [2.45, 2.75) is 31.2 Å². The lowest BCUT2D eigenvalue weighted by molar-refractivity contribution is -0.124. The van der Waals surface area contributed by atoms with E-state index in [9.17, 15) is 13.2 Å². The van der Waals surface area contributed by atoms with Crippen molar-refractivity contribution in [1.82, 2.24) is 5.32 Å². The molecule has 0 aromatic heterocycles. The van der Waals surface area contributed by atoms with Crippen molar-refractivity contribution < 1.29 is 17.9 Å². The largest absolute Gasteiger partial charge is 0.482 e. The third-order valence-corrected chi connectivity index (χ3v) is 3.62. The number of halogens is 2. The van der Waals surface area contributed by atoms with E-state index in [2.05, 4.69) is 5.32 Å². The van der Waals surface area contributed by atoms with Crippen LogP contribution in [0.15, 0.2) is 23.1 Å². The Morgan fingerprint density at radius 2 is 1.95 bits per heavy atom. The van der Waals surface area contributed by atoms with Crippen LogP contribution in [0.5, 0.6) is 5.75 Å². The molecule has 0 aliphatic heterocycles. The average molecular weight is 340 g/mol. The third kappa shape index (κ3) is 5.56. The molecule has 1 aromatic rings. The Labute approximate surface area is 127 Å². The summed E-state index contributed by atoms with van der Waals surface area (Å²) in [6.07, 6.45) is 0. The summed E-state index contributed by atoms with van der Waals surface area (Å²) in [5.74, 6) is -0.390. The Hall–Kier alpha value is -0.980. The van der Waals surface area contributed by atoms with Crippen LogP contribution in [0.4, 0.5) is 0 Å². The highest BCUT2D eigenvalue weighted by Crippen LogP contribution is 2.29. The van der Waals surface area contributed by atoms with E-state index in [1.54, 1.807) is 0 Å². The van der Waals surface area contributed by atoms with Gasteiger partial charge < -0.3 is 10.1 Å². The molecular weight excluding hydrogens is 325 g/mol. The molecule has 1 aromatic carbocycles. The molecule has 0 spiro atoms. The number of benzene rings is 1. The maximum absolute atomic E-state index is 11.6. The topological polar surface area (TPSA) is 72.5 Å². The molecule has 0 bridgehead atoms. The quantitative estimate of drug-likeness (QED) is 0.855. The Balaban J connectivity index is 2.87. The van der Waals surface area contributed by atoms with Crippen molar-refractivity contribution in [2.75, 3.05) is 6.61 Å². The van der Waals surface area contributed by atoms with Gasteiger partial charge in [0, 0.05) is 21.2 Å². The number of amides is 1. The van der Waals surface area contributed by atoms with Crippen LogP contribution < -0.4 is 10.1 Å². The van der Waals surface area contributed by atoms with Gasteiger partial charge in [0.05, 0.1) is 0 Å². The molecule has 0 heterocycles. The molecule has 0 radical (unpaired) electrons. The van der Waals surface area contributed by atoms with E-state index < -0.39 is 14.6 Å². The first kappa shape index (κ1) is 17.1. The van der Waals surface area contributed by atoms with Gasteiger partial charge in [-0.2, -0.15) is 0 Å². The highest BCUT2D eigenvalue weighted by atomic mass is 35.7. The van der Waals surface area contributed by atoms with Gasteiger partial charge in [-0.3, -0.25) is 4.79 Å². The van der Waals surface area contributed by atoms with Crippen LogP contribution in [0, 0.1) is 0 Å². The van der Waals surface area contributed by atoms with Crippen LogP contribution in [0.1, 0.15) is 20.8 Å². The number of carbonyl (C=O) groups excluding carboxylic acids is 1. The Morgan fingerprint density at radius 1 is 1.35 bits per heavy atom. The van der Waals surface area contributed by atoms with Gasteiger partial charge in [-0.1, -0.05) is 11.6 Å². The lowest BCUT2D eigenvalue weighted by atomic mass is 10.1. The summed E-state index contributed by atoms with van der Waals surface area (Å²) < 4.78 is 28.0. The van der Waals surface area contributed by atoms with Crippen molar-refractivity contribution in [1.29, 1.82) is 0 Å². The minimum atomic E-state index is -4.01. The number of hydrogen-bond donors (Lipinski definition) is 1. The second kappa shape index (κ2) is 6.20. The first-order valence-electron chi connectivity index (χ1n) is 5.67. The monoisotopic (exact) mass is 339 g/mol.